The average Bonchev–Trinajstić information content (AvgIpc) is 2.76. The molecule has 0 aliphatic carbocycles. The Kier molecular flexibility index (Phi) is 3.39. The van der Waals surface area contributed by atoms with Gasteiger partial charge in [0.2, 0.25) is 0 Å². The smallest absolute Gasteiger partial charge is 0.338 e. The Balaban J connectivity index is 2.31. The van der Waals surface area contributed by atoms with E-state index in [0.717, 1.165) is 12.1 Å². The van der Waals surface area contributed by atoms with Gasteiger partial charge in [-0.15, -0.1) is 0 Å². The molecule has 17 heavy (non-hydrogen) atoms. The second-order valence-corrected chi connectivity index (χ2v) is 3.73. The predicted octanol–water partition coefficient (Wildman–Crippen LogP) is 1.05. The van der Waals surface area contributed by atoms with Crippen LogP contribution >= 0.6 is 0 Å². The molecule has 0 radical (unpaired) electrons. The van der Waals surface area contributed by atoms with Crippen LogP contribution in [-0.2, 0) is 11.2 Å². The molecular weight excluding hydrogens is 220 g/mol. The minimum absolute atomic E-state index is 0.154. The van der Waals surface area contributed by atoms with Crippen LogP contribution in [0.2, 0.25) is 0 Å². The van der Waals surface area contributed by atoms with Crippen LogP contribution in [0.1, 0.15) is 22.5 Å². The van der Waals surface area contributed by atoms with Gasteiger partial charge in [-0.05, 0) is 25.0 Å². The first-order valence-corrected chi connectivity index (χ1v) is 5.41. The highest BCUT2D eigenvalue weighted by Gasteiger charge is 2.08. The number of aliphatic hydroxyl groups excluding tert-OH is 1. The van der Waals surface area contributed by atoms with Crippen LogP contribution in [0.15, 0.2) is 24.5 Å². The number of fused-ring (bicyclic) bond motifs is 1. The topological polar surface area (TPSA) is 63.8 Å². The lowest BCUT2D eigenvalue weighted by molar-refractivity contribution is 0.0600. The molecule has 0 bridgehead atoms. The molecule has 90 valence electrons. The zero-order chi connectivity index (χ0) is 12.3. The Labute approximate surface area is 98.7 Å². The first-order chi connectivity index (χ1) is 8.24. The van der Waals surface area contributed by atoms with E-state index in [1.807, 2.05) is 10.6 Å². The zero-order valence-electron chi connectivity index (χ0n) is 9.59. The van der Waals surface area contributed by atoms with Gasteiger partial charge in [-0.1, -0.05) is 0 Å². The number of nitrogens with zero attached hydrogens (tertiary/aromatic N) is 2. The molecular formula is C12H14N2O3. The second kappa shape index (κ2) is 4.97. The van der Waals surface area contributed by atoms with Crippen molar-refractivity contribution in [3.63, 3.8) is 0 Å². The number of esters is 1. The molecule has 0 fully saturated rings. The van der Waals surface area contributed by atoms with E-state index in [9.17, 15) is 4.79 Å². The van der Waals surface area contributed by atoms with Gasteiger partial charge in [0.05, 0.1) is 18.4 Å². The van der Waals surface area contributed by atoms with Crippen molar-refractivity contribution >= 4 is 11.6 Å². The fraction of sp³-hybridized carbons (Fsp3) is 0.333. The van der Waals surface area contributed by atoms with Gasteiger partial charge in [-0.2, -0.15) is 0 Å². The number of carbonyl (C=O) groups is 1. The van der Waals surface area contributed by atoms with E-state index in [0.29, 0.717) is 17.6 Å². The van der Waals surface area contributed by atoms with E-state index in [4.69, 9.17) is 5.11 Å². The predicted molar refractivity (Wildman–Crippen MR) is 61.9 cm³/mol. The van der Waals surface area contributed by atoms with E-state index < -0.39 is 0 Å². The number of imidazole rings is 1. The number of hydrogen-bond acceptors (Lipinski definition) is 4. The van der Waals surface area contributed by atoms with Crippen LogP contribution in [0.3, 0.4) is 0 Å². The summed E-state index contributed by atoms with van der Waals surface area (Å²) in [6, 6.07) is 3.38. The highest BCUT2D eigenvalue weighted by molar-refractivity contribution is 5.90. The van der Waals surface area contributed by atoms with Gasteiger partial charge in [0.25, 0.3) is 0 Å². The van der Waals surface area contributed by atoms with Gasteiger partial charge >= 0.3 is 5.97 Å². The van der Waals surface area contributed by atoms with Gasteiger partial charge in [-0.3, -0.25) is 0 Å². The van der Waals surface area contributed by atoms with Gasteiger partial charge in [0, 0.05) is 19.0 Å². The fourth-order valence-corrected chi connectivity index (χ4v) is 1.66. The van der Waals surface area contributed by atoms with Crippen molar-refractivity contribution in [1.29, 1.82) is 0 Å². The largest absolute Gasteiger partial charge is 0.465 e. The number of rotatable bonds is 4. The summed E-state index contributed by atoms with van der Waals surface area (Å²) in [5.74, 6) is -0.368. The molecule has 2 aromatic heterocycles. The first-order valence-electron chi connectivity index (χ1n) is 5.41. The maximum Gasteiger partial charge on any atom is 0.338 e. The van der Waals surface area contributed by atoms with Gasteiger partial charge in [0.15, 0.2) is 0 Å². The molecule has 0 amide bonds. The fourth-order valence-electron chi connectivity index (χ4n) is 1.66. The number of aromatic nitrogens is 2. The average molecular weight is 234 g/mol. The molecule has 0 unspecified atom stereocenters. The van der Waals surface area contributed by atoms with Crippen molar-refractivity contribution in [2.75, 3.05) is 13.7 Å². The molecule has 5 heteroatoms. The molecule has 0 aliphatic heterocycles. The van der Waals surface area contributed by atoms with E-state index in [1.165, 1.54) is 7.11 Å². The van der Waals surface area contributed by atoms with E-state index >= 15 is 0 Å². The number of hydrogen-bond donors (Lipinski definition) is 1. The first kappa shape index (κ1) is 11.6. The Morgan fingerprint density at radius 2 is 2.41 bits per heavy atom. The van der Waals surface area contributed by atoms with Crippen molar-refractivity contribution in [3.8, 4) is 0 Å². The second-order valence-electron chi connectivity index (χ2n) is 3.73. The number of aryl methyl sites for hydroxylation is 1. The van der Waals surface area contributed by atoms with Crippen LogP contribution < -0.4 is 0 Å². The summed E-state index contributed by atoms with van der Waals surface area (Å²) in [6.45, 7) is 0.154. The van der Waals surface area contributed by atoms with Crippen molar-refractivity contribution in [3.05, 3.63) is 35.8 Å². The Hall–Kier alpha value is -1.88. The summed E-state index contributed by atoms with van der Waals surface area (Å²) >= 11 is 0. The van der Waals surface area contributed by atoms with Crippen LogP contribution in [-0.4, -0.2) is 34.2 Å². The van der Waals surface area contributed by atoms with Gasteiger partial charge in [-0.25, -0.2) is 9.78 Å². The summed E-state index contributed by atoms with van der Waals surface area (Å²) in [7, 11) is 1.35. The molecule has 0 atom stereocenters. The summed E-state index contributed by atoms with van der Waals surface area (Å²) < 4.78 is 6.49. The minimum Gasteiger partial charge on any atom is -0.465 e. The van der Waals surface area contributed by atoms with Gasteiger partial charge in [0.1, 0.15) is 5.65 Å². The maximum absolute atomic E-state index is 11.3. The van der Waals surface area contributed by atoms with Crippen molar-refractivity contribution < 1.29 is 14.6 Å². The molecule has 2 heterocycles. The Morgan fingerprint density at radius 3 is 3.12 bits per heavy atom. The monoisotopic (exact) mass is 234 g/mol. The standard InChI is InChI=1S/C12H14N2O3/c1-17-12(16)9-4-5-14-8-10(3-2-6-15)13-11(14)7-9/h4-5,7-8,15H,2-3,6H2,1H3. The third kappa shape index (κ3) is 2.45. The normalized spacial score (nSPS) is 10.7. The molecule has 0 saturated heterocycles. The van der Waals surface area contributed by atoms with E-state index in [-0.39, 0.29) is 12.6 Å². The maximum atomic E-state index is 11.3. The summed E-state index contributed by atoms with van der Waals surface area (Å²) in [5.41, 5.74) is 2.10. The SMILES string of the molecule is COC(=O)c1ccn2cc(CCCO)nc2c1. The Morgan fingerprint density at radius 1 is 1.59 bits per heavy atom. The van der Waals surface area contributed by atoms with Crippen LogP contribution in [0, 0.1) is 0 Å². The highest BCUT2D eigenvalue weighted by Crippen LogP contribution is 2.10. The third-order valence-electron chi connectivity index (χ3n) is 2.52. The molecule has 1 N–H and O–H groups in total. The van der Waals surface area contributed by atoms with E-state index in [1.54, 1.807) is 18.3 Å². The van der Waals surface area contributed by atoms with Crippen molar-refractivity contribution in [2.45, 2.75) is 12.8 Å². The van der Waals surface area contributed by atoms with Gasteiger partial charge < -0.3 is 14.2 Å². The van der Waals surface area contributed by atoms with E-state index in [2.05, 4.69) is 9.72 Å². The van der Waals surface area contributed by atoms with Crippen LogP contribution in [0.5, 0.6) is 0 Å². The number of methoxy groups -OCH3 is 1. The number of carbonyl (C=O) groups excluding carboxylic acids is 1. The minimum atomic E-state index is -0.368. The molecule has 2 aromatic rings. The van der Waals surface area contributed by atoms with Crippen LogP contribution in [0.4, 0.5) is 0 Å². The summed E-state index contributed by atoms with van der Waals surface area (Å²) in [5, 5.41) is 8.76. The molecule has 2 rings (SSSR count). The lowest BCUT2D eigenvalue weighted by Crippen LogP contribution is -2.01. The Bertz CT molecular complexity index is 534. The van der Waals surface area contributed by atoms with Crippen molar-refractivity contribution in [1.82, 2.24) is 9.38 Å². The molecule has 0 spiro atoms. The van der Waals surface area contributed by atoms with Crippen LogP contribution in [0.25, 0.3) is 5.65 Å². The number of aliphatic hydroxyl groups is 1. The number of pyridine rings is 1. The van der Waals surface area contributed by atoms with Crippen molar-refractivity contribution in [2.24, 2.45) is 0 Å². The zero-order valence-corrected chi connectivity index (χ0v) is 9.59. The highest BCUT2D eigenvalue weighted by atomic mass is 16.5. The molecule has 0 aliphatic rings. The quantitative estimate of drug-likeness (QED) is 0.803. The lowest BCUT2D eigenvalue weighted by atomic mass is 10.3. The summed E-state index contributed by atoms with van der Waals surface area (Å²) in [6.07, 6.45) is 5.09. The lowest BCUT2D eigenvalue weighted by Gasteiger charge is -1.98. The molecule has 0 aromatic carbocycles. The summed E-state index contributed by atoms with van der Waals surface area (Å²) in [4.78, 5) is 15.7. The molecule has 5 nitrogen and oxygen atoms in total. The third-order valence-corrected chi connectivity index (χ3v) is 2.52. The molecule has 0 saturated carbocycles. The number of ether oxygens (including phenoxy) is 1.